The molecule has 2 heterocycles. The van der Waals surface area contributed by atoms with Crippen molar-refractivity contribution < 1.29 is 4.79 Å². The number of benzene rings is 1. The molecule has 2 atom stereocenters. The van der Waals surface area contributed by atoms with Gasteiger partial charge in [0, 0.05) is 25.0 Å². The van der Waals surface area contributed by atoms with Gasteiger partial charge in [-0.3, -0.25) is 9.48 Å². The zero-order chi connectivity index (χ0) is 17.1. The Labute approximate surface area is 143 Å². The summed E-state index contributed by atoms with van der Waals surface area (Å²) in [6.45, 7) is 3.85. The number of carbonyl (C=O) groups excluding carboxylic acids is 1. The first kappa shape index (κ1) is 17.0. The number of nitrogens with two attached hydrogens (primary N) is 1. The van der Waals surface area contributed by atoms with E-state index in [-0.39, 0.29) is 5.91 Å². The summed E-state index contributed by atoms with van der Waals surface area (Å²) in [5, 5.41) is 5.36. The van der Waals surface area contributed by atoms with E-state index in [9.17, 15) is 4.79 Å². The van der Waals surface area contributed by atoms with Crippen LogP contribution in [0.15, 0.2) is 24.4 Å². The first-order valence-electron chi connectivity index (χ1n) is 9.00. The van der Waals surface area contributed by atoms with Crippen molar-refractivity contribution in [3.8, 4) is 0 Å². The molecule has 5 heteroatoms. The Morgan fingerprint density at radius 2 is 2.25 bits per heavy atom. The van der Waals surface area contributed by atoms with Crippen LogP contribution in [0.3, 0.4) is 0 Å². The molecule has 0 aliphatic carbocycles. The number of hydrogen-bond acceptors (Lipinski definition) is 3. The van der Waals surface area contributed by atoms with Crippen LogP contribution in [0.2, 0.25) is 0 Å². The number of fused-ring (bicyclic) bond motifs is 1. The van der Waals surface area contributed by atoms with Gasteiger partial charge >= 0.3 is 0 Å². The average Bonchev–Trinajstić information content (AvgIpc) is 2.94. The van der Waals surface area contributed by atoms with Crippen LogP contribution in [-0.2, 0) is 18.3 Å². The molecule has 1 aromatic carbocycles. The lowest BCUT2D eigenvalue weighted by Gasteiger charge is -2.40. The number of nitrogens with zero attached hydrogens (tertiary/aromatic N) is 3. The van der Waals surface area contributed by atoms with E-state index in [2.05, 4.69) is 29.1 Å². The highest BCUT2D eigenvalue weighted by Crippen LogP contribution is 2.27. The van der Waals surface area contributed by atoms with Gasteiger partial charge < -0.3 is 10.6 Å². The van der Waals surface area contributed by atoms with E-state index < -0.39 is 0 Å². The summed E-state index contributed by atoms with van der Waals surface area (Å²) in [4.78, 5) is 15.0. The first-order valence-corrected chi connectivity index (χ1v) is 9.00. The predicted octanol–water partition coefficient (Wildman–Crippen LogP) is 2.48. The Hall–Kier alpha value is -1.88. The van der Waals surface area contributed by atoms with Gasteiger partial charge in [-0.25, -0.2) is 0 Å². The van der Waals surface area contributed by atoms with E-state index in [4.69, 9.17) is 5.73 Å². The van der Waals surface area contributed by atoms with Crippen LogP contribution in [0.4, 0.5) is 0 Å². The molecule has 1 fully saturated rings. The molecule has 0 radical (unpaired) electrons. The molecule has 2 unspecified atom stereocenters. The minimum absolute atomic E-state index is 0.242. The van der Waals surface area contributed by atoms with Gasteiger partial charge in [-0.2, -0.15) is 5.10 Å². The number of hydrogen-bond donors (Lipinski definition) is 1. The van der Waals surface area contributed by atoms with Crippen LogP contribution in [0.1, 0.15) is 38.2 Å². The van der Waals surface area contributed by atoms with Crippen LogP contribution in [0.25, 0.3) is 10.9 Å². The highest BCUT2D eigenvalue weighted by molar-refractivity contribution is 5.83. The fourth-order valence-electron chi connectivity index (χ4n) is 3.93. The fraction of sp³-hybridized carbons (Fsp3) is 0.579. The number of carbonyl (C=O) groups is 1. The minimum Gasteiger partial charge on any atom is -0.339 e. The van der Waals surface area contributed by atoms with Crippen LogP contribution in [-0.4, -0.2) is 39.7 Å². The first-order chi connectivity index (χ1) is 11.6. The Bertz CT molecular complexity index is 708. The van der Waals surface area contributed by atoms with E-state index in [1.807, 2.05) is 24.0 Å². The topological polar surface area (TPSA) is 64.2 Å². The van der Waals surface area contributed by atoms with Crippen LogP contribution >= 0.6 is 0 Å². The van der Waals surface area contributed by atoms with Crippen molar-refractivity contribution in [2.24, 2.45) is 18.7 Å². The van der Waals surface area contributed by atoms with Gasteiger partial charge in [-0.15, -0.1) is 0 Å². The minimum atomic E-state index is 0.242. The number of aromatic nitrogens is 2. The monoisotopic (exact) mass is 328 g/mol. The summed E-state index contributed by atoms with van der Waals surface area (Å²) in [6, 6.07) is 6.53. The van der Waals surface area contributed by atoms with Gasteiger partial charge in [0.15, 0.2) is 0 Å². The van der Waals surface area contributed by atoms with E-state index >= 15 is 0 Å². The zero-order valence-corrected chi connectivity index (χ0v) is 14.7. The zero-order valence-electron chi connectivity index (χ0n) is 14.7. The Morgan fingerprint density at radius 1 is 1.42 bits per heavy atom. The van der Waals surface area contributed by atoms with Crippen LogP contribution < -0.4 is 5.73 Å². The largest absolute Gasteiger partial charge is 0.339 e. The third kappa shape index (κ3) is 3.46. The van der Waals surface area contributed by atoms with Crippen LogP contribution in [0.5, 0.6) is 0 Å². The molecule has 2 N–H and O–H groups in total. The highest BCUT2D eigenvalue weighted by atomic mass is 16.2. The van der Waals surface area contributed by atoms with Crippen molar-refractivity contribution >= 4 is 16.8 Å². The lowest BCUT2D eigenvalue weighted by Crippen LogP contribution is -2.48. The maximum absolute atomic E-state index is 12.9. The molecule has 0 saturated carbocycles. The van der Waals surface area contributed by atoms with Crippen molar-refractivity contribution in [1.29, 1.82) is 0 Å². The molecule has 2 aromatic rings. The molecule has 1 aromatic heterocycles. The summed E-state index contributed by atoms with van der Waals surface area (Å²) < 4.78 is 1.86. The van der Waals surface area contributed by atoms with Gasteiger partial charge in [0.25, 0.3) is 0 Å². The molecule has 130 valence electrons. The normalized spacial score (nSPS) is 21.4. The number of likely N-dealkylation sites (tertiary alicyclic amines) is 1. The number of piperidine rings is 1. The summed E-state index contributed by atoms with van der Waals surface area (Å²) in [5.74, 6) is 0.807. The maximum Gasteiger partial charge on any atom is 0.227 e. The second-order valence-corrected chi connectivity index (χ2v) is 7.04. The lowest BCUT2D eigenvalue weighted by molar-refractivity contribution is -0.135. The fourth-order valence-corrected chi connectivity index (χ4v) is 3.93. The van der Waals surface area contributed by atoms with Crippen molar-refractivity contribution in [1.82, 2.24) is 14.7 Å². The highest BCUT2D eigenvalue weighted by Gasteiger charge is 2.31. The van der Waals surface area contributed by atoms with E-state index in [1.165, 1.54) is 6.42 Å². The molecular formula is C19H28N4O. The molecule has 0 spiro atoms. The smallest absolute Gasteiger partial charge is 0.227 e. The summed E-state index contributed by atoms with van der Waals surface area (Å²) in [7, 11) is 1.93. The molecule has 24 heavy (non-hydrogen) atoms. The second-order valence-electron chi connectivity index (χ2n) is 7.04. The number of rotatable bonds is 5. The molecule has 1 amide bonds. The Morgan fingerprint density at radius 3 is 3.04 bits per heavy atom. The molecule has 3 rings (SSSR count). The van der Waals surface area contributed by atoms with Gasteiger partial charge in [0.2, 0.25) is 5.91 Å². The van der Waals surface area contributed by atoms with Crippen LogP contribution in [0, 0.1) is 5.92 Å². The molecule has 1 saturated heterocycles. The molecular weight excluding hydrogens is 300 g/mol. The maximum atomic E-state index is 12.9. The molecule has 1 aliphatic rings. The number of aryl methyl sites for hydroxylation is 1. The van der Waals surface area contributed by atoms with E-state index in [0.717, 1.165) is 42.3 Å². The second kappa shape index (κ2) is 7.34. The standard InChI is InChI=1S/C19H28N4O/c1-14-5-4-10-23(17(14)6-3-9-20)19(24)12-15-7-8-18-16(11-15)13-21-22(18)2/h7-8,11,13-14,17H,3-6,9-10,12,20H2,1-2H3. The molecule has 5 nitrogen and oxygen atoms in total. The molecule has 1 aliphatic heterocycles. The van der Waals surface area contributed by atoms with Gasteiger partial charge in [-0.05, 0) is 55.8 Å². The SMILES string of the molecule is CC1CCCN(C(=O)Cc2ccc3c(cnn3C)c2)C1CCCN. The summed E-state index contributed by atoms with van der Waals surface area (Å²) in [6.07, 6.45) is 6.65. The van der Waals surface area contributed by atoms with Crippen molar-refractivity contribution in [3.63, 3.8) is 0 Å². The predicted molar refractivity (Wildman–Crippen MR) is 96.6 cm³/mol. The van der Waals surface area contributed by atoms with E-state index in [0.29, 0.717) is 24.9 Å². The van der Waals surface area contributed by atoms with Crippen molar-refractivity contribution in [2.45, 2.75) is 45.1 Å². The Kier molecular flexibility index (Phi) is 5.19. The van der Waals surface area contributed by atoms with Crippen molar-refractivity contribution in [2.75, 3.05) is 13.1 Å². The van der Waals surface area contributed by atoms with Gasteiger partial charge in [0.1, 0.15) is 0 Å². The van der Waals surface area contributed by atoms with Gasteiger partial charge in [0.05, 0.1) is 18.1 Å². The quantitative estimate of drug-likeness (QED) is 0.917. The average molecular weight is 328 g/mol. The third-order valence-corrected chi connectivity index (χ3v) is 5.31. The molecule has 0 bridgehead atoms. The van der Waals surface area contributed by atoms with Crippen molar-refractivity contribution in [3.05, 3.63) is 30.0 Å². The lowest BCUT2D eigenvalue weighted by atomic mass is 9.87. The summed E-state index contributed by atoms with van der Waals surface area (Å²) in [5.41, 5.74) is 7.84. The van der Waals surface area contributed by atoms with Gasteiger partial charge in [-0.1, -0.05) is 13.0 Å². The van der Waals surface area contributed by atoms with E-state index in [1.54, 1.807) is 0 Å². The summed E-state index contributed by atoms with van der Waals surface area (Å²) >= 11 is 0. The number of amides is 1. The third-order valence-electron chi connectivity index (χ3n) is 5.31. The Balaban J connectivity index is 1.73.